The molecule has 1 fully saturated rings. The molecule has 6 heteroatoms. The van der Waals surface area contributed by atoms with Crippen molar-refractivity contribution >= 4 is 38.2 Å². The van der Waals surface area contributed by atoms with Crippen molar-refractivity contribution in [1.29, 1.82) is 0 Å². The van der Waals surface area contributed by atoms with E-state index in [2.05, 4.69) is 48.9 Å². The van der Waals surface area contributed by atoms with Crippen LogP contribution in [0.25, 0.3) is 10.9 Å². The molecule has 1 aromatic carbocycles. The third-order valence-electron chi connectivity index (χ3n) is 5.17. The van der Waals surface area contributed by atoms with Crippen molar-refractivity contribution in [3.05, 3.63) is 28.9 Å². The third-order valence-corrected chi connectivity index (χ3v) is 5.66. The van der Waals surface area contributed by atoms with E-state index in [9.17, 15) is 0 Å². The van der Waals surface area contributed by atoms with E-state index in [-0.39, 0.29) is 0 Å². The highest BCUT2D eigenvalue weighted by atomic mass is 79.9. The number of halogens is 1. The zero-order valence-electron chi connectivity index (χ0n) is 14.6. The van der Waals surface area contributed by atoms with Crippen LogP contribution in [0.5, 0.6) is 0 Å². The van der Waals surface area contributed by atoms with Crippen molar-refractivity contribution in [3.63, 3.8) is 0 Å². The number of hydrogen-bond acceptors (Lipinski definition) is 5. The summed E-state index contributed by atoms with van der Waals surface area (Å²) in [5, 5.41) is 1.22. The van der Waals surface area contributed by atoms with E-state index < -0.39 is 0 Å². The summed E-state index contributed by atoms with van der Waals surface area (Å²) in [7, 11) is 1.76. The molecule has 0 saturated carbocycles. The number of hydrogen-bond donors (Lipinski definition) is 0. The Balaban J connectivity index is 1.70. The minimum absolute atomic E-state index is 0.694. The quantitative estimate of drug-likeness (QED) is 0.758. The Kier molecular flexibility index (Phi) is 5.10. The minimum atomic E-state index is 0.694. The van der Waals surface area contributed by atoms with Crippen LogP contribution in [0.4, 0.5) is 11.4 Å². The summed E-state index contributed by atoms with van der Waals surface area (Å²) in [6.45, 7) is 5.37. The van der Waals surface area contributed by atoms with E-state index in [1.54, 1.807) is 7.11 Å². The molecule has 134 valence electrons. The number of aromatic nitrogens is 1. The van der Waals surface area contributed by atoms with E-state index in [4.69, 9.17) is 9.47 Å². The molecule has 2 aromatic rings. The van der Waals surface area contributed by atoms with Gasteiger partial charge in [-0.25, -0.2) is 0 Å². The standard InChI is InChI=1S/C19H24BrN3O2/c1-24-9-6-22-13-23(12-14-4-7-25-8-5-14)19-16-10-15(20)2-3-17(16)21-11-18(19)22/h2-3,10-11,14H,4-9,12-13H2,1H3. The van der Waals surface area contributed by atoms with E-state index in [1.165, 1.54) is 16.8 Å². The van der Waals surface area contributed by atoms with Crippen LogP contribution in [0.3, 0.4) is 0 Å². The number of ether oxygens (including phenoxy) is 2. The molecule has 2 aliphatic rings. The molecule has 0 amide bonds. The Morgan fingerprint density at radius 2 is 2.12 bits per heavy atom. The van der Waals surface area contributed by atoms with Gasteiger partial charge in [-0.15, -0.1) is 0 Å². The fraction of sp³-hybridized carbons (Fsp3) is 0.526. The van der Waals surface area contributed by atoms with Crippen LogP contribution in [0.15, 0.2) is 28.9 Å². The lowest BCUT2D eigenvalue weighted by molar-refractivity contribution is 0.0683. The first kappa shape index (κ1) is 17.1. The fourth-order valence-electron chi connectivity index (χ4n) is 3.84. The van der Waals surface area contributed by atoms with Crippen molar-refractivity contribution in [2.24, 2.45) is 5.92 Å². The molecule has 0 unspecified atom stereocenters. The molecule has 1 aromatic heterocycles. The number of benzene rings is 1. The number of nitrogens with zero attached hydrogens (tertiary/aromatic N) is 3. The average Bonchev–Trinajstić information content (AvgIpc) is 2.98. The van der Waals surface area contributed by atoms with Gasteiger partial charge in [-0.2, -0.15) is 0 Å². The normalized spacial score (nSPS) is 18.2. The number of fused-ring (bicyclic) bond motifs is 3. The molecule has 0 spiro atoms. The van der Waals surface area contributed by atoms with Crippen molar-refractivity contribution in [1.82, 2.24) is 4.98 Å². The lowest BCUT2D eigenvalue weighted by atomic mass is 9.99. The summed E-state index contributed by atoms with van der Waals surface area (Å²) in [4.78, 5) is 9.59. The molecule has 0 bridgehead atoms. The Labute approximate surface area is 157 Å². The number of pyridine rings is 1. The van der Waals surface area contributed by atoms with Gasteiger partial charge in [0.1, 0.15) is 0 Å². The number of methoxy groups -OCH3 is 1. The number of anilines is 2. The van der Waals surface area contributed by atoms with Crippen LogP contribution in [-0.4, -0.2) is 51.7 Å². The highest BCUT2D eigenvalue weighted by Crippen LogP contribution is 2.42. The topological polar surface area (TPSA) is 37.8 Å². The molecular formula is C19H24BrN3O2. The first-order chi connectivity index (χ1) is 12.3. The molecule has 0 atom stereocenters. The summed E-state index contributed by atoms with van der Waals surface area (Å²) in [5.41, 5.74) is 3.58. The molecule has 1 saturated heterocycles. The molecule has 0 aliphatic carbocycles. The summed E-state index contributed by atoms with van der Waals surface area (Å²) in [6, 6.07) is 6.34. The van der Waals surface area contributed by atoms with Crippen LogP contribution in [0.2, 0.25) is 0 Å². The van der Waals surface area contributed by atoms with Crippen molar-refractivity contribution < 1.29 is 9.47 Å². The second kappa shape index (κ2) is 7.48. The maximum Gasteiger partial charge on any atom is 0.0906 e. The zero-order chi connectivity index (χ0) is 17.2. The van der Waals surface area contributed by atoms with Gasteiger partial charge in [0.05, 0.1) is 36.4 Å². The van der Waals surface area contributed by atoms with E-state index in [0.29, 0.717) is 5.92 Å². The highest BCUT2D eigenvalue weighted by molar-refractivity contribution is 9.10. The predicted molar refractivity (Wildman–Crippen MR) is 104 cm³/mol. The Morgan fingerprint density at radius 1 is 1.28 bits per heavy atom. The van der Waals surface area contributed by atoms with Gasteiger partial charge >= 0.3 is 0 Å². The lowest BCUT2D eigenvalue weighted by Gasteiger charge is -2.29. The smallest absolute Gasteiger partial charge is 0.0906 e. The van der Waals surface area contributed by atoms with Crippen LogP contribution in [-0.2, 0) is 9.47 Å². The molecule has 0 radical (unpaired) electrons. The zero-order valence-corrected chi connectivity index (χ0v) is 16.2. The summed E-state index contributed by atoms with van der Waals surface area (Å²) >= 11 is 3.62. The highest BCUT2D eigenvalue weighted by Gasteiger charge is 2.30. The Morgan fingerprint density at radius 3 is 2.92 bits per heavy atom. The van der Waals surface area contributed by atoms with Gasteiger partial charge in [-0.1, -0.05) is 15.9 Å². The van der Waals surface area contributed by atoms with Gasteiger partial charge < -0.3 is 19.3 Å². The predicted octanol–water partition coefficient (Wildman–Crippen LogP) is 3.65. The first-order valence-corrected chi connectivity index (χ1v) is 9.70. The van der Waals surface area contributed by atoms with Crippen LogP contribution >= 0.6 is 15.9 Å². The molecular weight excluding hydrogens is 382 g/mol. The van der Waals surface area contributed by atoms with Crippen molar-refractivity contribution in [2.75, 3.05) is 56.5 Å². The van der Waals surface area contributed by atoms with Crippen LogP contribution < -0.4 is 9.80 Å². The van der Waals surface area contributed by atoms with E-state index in [0.717, 1.165) is 62.4 Å². The molecule has 3 heterocycles. The van der Waals surface area contributed by atoms with Gasteiger partial charge in [0.15, 0.2) is 0 Å². The molecule has 2 aliphatic heterocycles. The van der Waals surface area contributed by atoms with Gasteiger partial charge in [0.25, 0.3) is 0 Å². The van der Waals surface area contributed by atoms with Gasteiger partial charge in [-0.05, 0) is 37.0 Å². The Bertz CT molecular complexity index is 749. The molecule has 4 rings (SSSR count). The second-order valence-corrected chi connectivity index (χ2v) is 7.75. The maximum atomic E-state index is 5.53. The summed E-state index contributed by atoms with van der Waals surface area (Å²) in [6.07, 6.45) is 4.32. The SMILES string of the molecule is COCCN1CN(CC2CCOCC2)c2c1cnc1ccc(Br)cc21. The van der Waals surface area contributed by atoms with Crippen molar-refractivity contribution in [2.45, 2.75) is 12.8 Å². The Hall–Kier alpha value is -1.37. The summed E-state index contributed by atoms with van der Waals surface area (Å²) < 4.78 is 11.9. The molecule has 5 nitrogen and oxygen atoms in total. The first-order valence-electron chi connectivity index (χ1n) is 8.91. The van der Waals surface area contributed by atoms with Crippen LogP contribution in [0.1, 0.15) is 12.8 Å². The number of rotatable bonds is 5. The maximum absolute atomic E-state index is 5.53. The average molecular weight is 406 g/mol. The third kappa shape index (κ3) is 3.48. The molecule has 0 N–H and O–H groups in total. The van der Waals surface area contributed by atoms with Gasteiger partial charge in [0, 0.05) is 43.3 Å². The fourth-order valence-corrected chi connectivity index (χ4v) is 4.20. The summed E-state index contributed by atoms with van der Waals surface area (Å²) in [5.74, 6) is 0.694. The second-order valence-electron chi connectivity index (χ2n) is 6.83. The molecule has 25 heavy (non-hydrogen) atoms. The minimum Gasteiger partial charge on any atom is -0.383 e. The van der Waals surface area contributed by atoms with Gasteiger partial charge in [-0.3, -0.25) is 4.98 Å². The van der Waals surface area contributed by atoms with Crippen LogP contribution in [0, 0.1) is 5.92 Å². The monoisotopic (exact) mass is 405 g/mol. The van der Waals surface area contributed by atoms with E-state index >= 15 is 0 Å². The van der Waals surface area contributed by atoms with E-state index in [1.807, 2.05) is 6.20 Å². The lowest BCUT2D eigenvalue weighted by Crippen LogP contribution is -2.37. The van der Waals surface area contributed by atoms with Gasteiger partial charge in [0.2, 0.25) is 0 Å². The van der Waals surface area contributed by atoms with Crippen molar-refractivity contribution in [3.8, 4) is 0 Å². The largest absolute Gasteiger partial charge is 0.383 e.